The molecule has 0 amide bonds. The predicted octanol–water partition coefficient (Wildman–Crippen LogP) is 3.72. The second-order valence-corrected chi connectivity index (χ2v) is 9.74. The molecule has 0 aromatic heterocycles. The number of fused-ring (bicyclic) bond motifs is 3. The summed E-state index contributed by atoms with van der Waals surface area (Å²) in [4.78, 5) is 12.6. The predicted molar refractivity (Wildman–Crippen MR) is 98.9 cm³/mol. The zero-order chi connectivity index (χ0) is 17.9. The number of aliphatic hydroxyl groups is 2. The first-order valence-corrected chi connectivity index (χ1v) is 10.4. The zero-order valence-electron chi connectivity index (χ0n) is 15.3. The number of carbonyl (C=O) groups excluding carboxylic acids is 1. The van der Waals surface area contributed by atoms with Crippen molar-refractivity contribution in [2.45, 2.75) is 65.1 Å². The van der Waals surface area contributed by atoms with Crippen LogP contribution in [-0.4, -0.2) is 33.0 Å². The fourth-order valence-electron chi connectivity index (χ4n) is 6.25. The van der Waals surface area contributed by atoms with E-state index >= 15 is 0 Å². The van der Waals surface area contributed by atoms with Gasteiger partial charge in [0, 0.05) is 23.1 Å². The fraction of sp³-hybridized carbons (Fsp3) is 0.850. The molecule has 24 heavy (non-hydrogen) atoms. The van der Waals surface area contributed by atoms with Crippen molar-refractivity contribution in [3.8, 4) is 0 Å². The van der Waals surface area contributed by atoms with Crippen LogP contribution in [-0.2, 0) is 4.79 Å². The summed E-state index contributed by atoms with van der Waals surface area (Å²) >= 11 is 3.79. The van der Waals surface area contributed by atoms with Crippen molar-refractivity contribution in [1.82, 2.24) is 0 Å². The van der Waals surface area contributed by atoms with E-state index in [1.54, 1.807) is 6.92 Å². The van der Waals surface area contributed by atoms with E-state index in [0.717, 1.165) is 24.6 Å². The monoisotopic (exact) mass is 398 g/mol. The van der Waals surface area contributed by atoms with Crippen LogP contribution < -0.4 is 0 Å². The molecule has 0 spiro atoms. The molecule has 3 rings (SSSR count). The Labute approximate surface area is 154 Å². The van der Waals surface area contributed by atoms with E-state index in [4.69, 9.17) is 0 Å². The lowest BCUT2D eigenvalue weighted by atomic mass is 9.41. The molecule has 136 valence electrons. The molecule has 4 heteroatoms. The Kier molecular flexibility index (Phi) is 4.59. The van der Waals surface area contributed by atoms with Gasteiger partial charge in [0.05, 0.1) is 6.10 Å². The van der Waals surface area contributed by atoms with Gasteiger partial charge in [0.2, 0.25) is 0 Å². The Balaban J connectivity index is 2.14. The SMILES string of the molecule is CC(C)[C@@H]1CC=C[C@H]2[C@H]3[C@](C)(CC[C@]12CBr)[C@H](O)CC(=O)[C@@]3(C)O. The molecule has 3 nitrogen and oxygen atoms in total. The van der Waals surface area contributed by atoms with Crippen LogP contribution in [0.15, 0.2) is 12.2 Å². The third-order valence-corrected chi connectivity index (χ3v) is 8.74. The molecule has 2 N–H and O–H groups in total. The molecular formula is C20H31BrO3. The highest BCUT2D eigenvalue weighted by atomic mass is 79.9. The molecule has 7 atom stereocenters. The van der Waals surface area contributed by atoms with E-state index in [-0.39, 0.29) is 29.5 Å². The minimum absolute atomic E-state index is 0.0500. The quantitative estimate of drug-likeness (QED) is 0.550. The normalized spacial score (nSPS) is 51.4. The van der Waals surface area contributed by atoms with Crippen LogP contribution in [0.1, 0.15) is 53.4 Å². The maximum atomic E-state index is 12.6. The molecule has 3 aliphatic rings. The largest absolute Gasteiger partial charge is 0.392 e. The van der Waals surface area contributed by atoms with Crippen molar-refractivity contribution in [3.05, 3.63) is 12.2 Å². The van der Waals surface area contributed by atoms with E-state index < -0.39 is 17.1 Å². The van der Waals surface area contributed by atoms with Gasteiger partial charge < -0.3 is 10.2 Å². The molecule has 2 saturated carbocycles. The zero-order valence-corrected chi connectivity index (χ0v) is 16.8. The first-order valence-electron chi connectivity index (χ1n) is 9.27. The average Bonchev–Trinajstić information content (AvgIpc) is 2.52. The number of carbonyl (C=O) groups is 1. The summed E-state index contributed by atoms with van der Waals surface area (Å²) in [5.74, 6) is 0.758. The van der Waals surface area contributed by atoms with E-state index in [1.807, 2.05) is 0 Å². The summed E-state index contributed by atoms with van der Waals surface area (Å²) in [6, 6.07) is 0. The van der Waals surface area contributed by atoms with E-state index in [2.05, 4.69) is 48.9 Å². The maximum Gasteiger partial charge on any atom is 0.166 e. The van der Waals surface area contributed by atoms with Gasteiger partial charge in [0.1, 0.15) is 5.60 Å². The summed E-state index contributed by atoms with van der Waals surface area (Å²) in [5, 5.41) is 22.8. The van der Waals surface area contributed by atoms with Crippen molar-refractivity contribution in [1.29, 1.82) is 0 Å². The molecule has 0 saturated heterocycles. The van der Waals surface area contributed by atoms with Crippen LogP contribution in [0.3, 0.4) is 0 Å². The summed E-state index contributed by atoms with van der Waals surface area (Å²) in [5.41, 5.74) is -1.72. The number of aliphatic hydroxyl groups excluding tert-OH is 1. The molecule has 0 radical (unpaired) electrons. The summed E-state index contributed by atoms with van der Waals surface area (Å²) in [7, 11) is 0. The number of Topliss-reactive ketones (excluding diaryl/α,β-unsaturated/α-hetero) is 1. The van der Waals surface area contributed by atoms with Crippen molar-refractivity contribution in [2.24, 2.45) is 34.5 Å². The molecule has 0 aromatic rings. The minimum atomic E-state index is -1.37. The Morgan fingerprint density at radius 3 is 2.58 bits per heavy atom. The van der Waals surface area contributed by atoms with Crippen LogP contribution in [0.4, 0.5) is 0 Å². The standard InChI is InChI=1S/C20H31BrO3/c1-12(2)13-6-5-7-14-17-18(3,8-9-20(13,14)11-21)15(22)10-16(23)19(17,4)24/h5,7,12-15,17,22,24H,6,8-11H2,1-4H3/t13-,14-,15+,17-,18+,19+,20-/m0/s1. The number of hydrogen-bond acceptors (Lipinski definition) is 3. The van der Waals surface area contributed by atoms with Gasteiger partial charge >= 0.3 is 0 Å². The van der Waals surface area contributed by atoms with Crippen LogP contribution >= 0.6 is 15.9 Å². The molecule has 3 aliphatic carbocycles. The van der Waals surface area contributed by atoms with E-state index in [0.29, 0.717) is 11.8 Å². The molecule has 0 bridgehead atoms. The number of ketones is 1. The number of rotatable bonds is 2. The first-order chi connectivity index (χ1) is 11.1. The minimum Gasteiger partial charge on any atom is -0.392 e. The van der Waals surface area contributed by atoms with Gasteiger partial charge in [-0.1, -0.05) is 48.9 Å². The second kappa shape index (κ2) is 5.92. The van der Waals surface area contributed by atoms with Gasteiger partial charge in [-0.25, -0.2) is 0 Å². The Morgan fingerprint density at radius 2 is 2.00 bits per heavy atom. The Hall–Kier alpha value is -0.190. The van der Waals surface area contributed by atoms with E-state index in [1.165, 1.54) is 0 Å². The second-order valence-electron chi connectivity index (χ2n) is 9.18. The highest BCUT2D eigenvalue weighted by Gasteiger charge is 2.66. The maximum absolute atomic E-state index is 12.6. The van der Waals surface area contributed by atoms with Crippen molar-refractivity contribution >= 4 is 21.7 Å². The van der Waals surface area contributed by atoms with Gasteiger partial charge in [-0.3, -0.25) is 4.79 Å². The van der Waals surface area contributed by atoms with Gasteiger partial charge in [0.25, 0.3) is 0 Å². The molecule has 0 unspecified atom stereocenters. The molecular weight excluding hydrogens is 368 g/mol. The smallest absolute Gasteiger partial charge is 0.166 e. The highest BCUT2D eigenvalue weighted by Crippen LogP contribution is 2.65. The van der Waals surface area contributed by atoms with Gasteiger partial charge in [-0.2, -0.15) is 0 Å². The van der Waals surface area contributed by atoms with Crippen molar-refractivity contribution < 1.29 is 15.0 Å². The lowest BCUT2D eigenvalue weighted by Gasteiger charge is -2.64. The lowest BCUT2D eigenvalue weighted by molar-refractivity contribution is -0.209. The van der Waals surface area contributed by atoms with Gasteiger partial charge in [0.15, 0.2) is 5.78 Å². The van der Waals surface area contributed by atoms with Gasteiger partial charge in [-0.15, -0.1) is 0 Å². The molecule has 0 heterocycles. The van der Waals surface area contributed by atoms with Crippen LogP contribution in [0.2, 0.25) is 0 Å². The summed E-state index contributed by atoms with van der Waals surface area (Å²) < 4.78 is 0. The fourth-order valence-corrected chi connectivity index (χ4v) is 7.32. The highest BCUT2D eigenvalue weighted by molar-refractivity contribution is 9.09. The lowest BCUT2D eigenvalue weighted by Crippen LogP contribution is -2.68. The molecule has 0 aromatic carbocycles. The van der Waals surface area contributed by atoms with Crippen LogP contribution in [0.5, 0.6) is 0 Å². The first kappa shape index (κ1) is 18.6. The summed E-state index contributed by atoms with van der Waals surface area (Å²) in [6.07, 6.45) is 6.85. The Morgan fingerprint density at radius 1 is 1.33 bits per heavy atom. The number of allylic oxidation sites excluding steroid dienone is 2. The van der Waals surface area contributed by atoms with Crippen molar-refractivity contribution in [3.63, 3.8) is 0 Å². The van der Waals surface area contributed by atoms with E-state index in [9.17, 15) is 15.0 Å². The summed E-state index contributed by atoms with van der Waals surface area (Å²) in [6.45, 7) is 8.31. The van der Waals surface area contributed by atoms with Gasteiger partial charge in [-0.05, 0) is 49.4 Å². The number of alkyl halides is 1. The van der Waals surface area contributed by atoms with Crippen LogP contribution in [0.25, 0.3) is 0 Å². The molecule has 0 aliphatic heterocycles. The van der Waals surface area contributed by atoms with Crippen molar-refractivity contribution in [2.75, 3.05) is 5.33 Å². The third-order valence-electron chi connectivity index (χ3n) is 7.70. The topological polar surface area (TPSA) is 57.5 Å². The number of hydrogen-bond donors (Lipinski definition) is 2. The third kappa shape index (κ3) is 2.32. The Bertz CT molecular complexity index is 555. The number of halogens is 1. The molecule has 2 fully saturated rings. The van der Waals surface area contributed by atoms with Crippen LogP contribution in [0, 0.1) is 34.5 Å². The average molecular weight is 399 g/mol.